The van der Waals surface area contributed by atoms with Crippen LogP contribution < -0.4 is 10.6 Å². The number of H-pyrrole nitrogens is 1. The van der Waals surface area contributed by atoms with Crippen LogP contribution in [-0.4, -0.2) is 30.9 Å². The minimum absolute atomic E-state index is 0.0797. The van der Waals surface area contributed by atoms with Crippen molar-refractivity contribution < 1.29 is 9.18 Å². The lowest BCUT2D eigenvalue weighted by molar-refractivity contribution is 0.101. The quantitative estimate of drug-likeness (QED) is 0.273. The second-order valence-electron chi connectivity index (χ2n) is 8.22. The maximum absolute atomic E-state index is 14.5. The summed E-state index contributed by atoms with van der Waals surface area (Å²) in [5.74, 6) is -0.944. The van der Waals surface area contributed by atoms with Crippen molar-refractivity contribution in [3.63, 3.8) is 0 Å². The van der Waals surface area contributed by atoms with E-state index in [1.165, 1.54) is 6.07 Å². The molecule has 0 aliphatic rings. The zero-order valence-corrected chi connectivity index (χ0v) is 19.8. The normalized spacial score (nSPS) is 11.3. The van der Waals surface area contributed by atoms with E-state index in [0.29, 0.717) is 17.9 Å². The lowest BCUT2D eigenvalue weighted by Gasteiger charge is -2.11. The van der Waals surface area contributed by atoms with Crippen LogP contribution in [0.2, 0.25) is 0 Å². The van der Waals surface area contributed by atoms with Gasteiger partial charge in [-0.3, -0.25) is 19.6 Å². The molecule has 9 heteroatoms. The molecule has 8 nitrogen and oxygen atoms in total. The highest BCUT2D eigenvalue weighted by Gasteiger charge is 2.15. The third-order valence-electron chi connectivity index (χ3n) is 5.63. The highest BCUT2D eigenvalue weighted by Crippen LogP contribution is 2.27. The van der Waals surface area contributed by atoms with E-state index in [2.05, 4.69) is 30.9 Å². The van der Waals surface area contributed by atoms with Crippen LogP contribution in [0.4, 0.5) is 21.5 Å². The smallest absolute Gasteiger partial charge is 0.274 e. The molecule has 2 aromatic carbocycles. The van der Waals surface area contributed by atoms with Gasteiger partial charge in [-0.05, 0) is 80.6 Å². The van der Waals surface area contributed by atoms with E-state index >= 15 is 0 Å². The molecule has 3 N–H and O–H groups in total. The summed E-state index contributed by atoms with van der Waals surface area (Å²) in [5, 5.41) is 18.6. The van der Waals surface area contributed by atoms with Crippen molar-refractivity contribution in [3.8, 4) is 0 Å². The number of hydrogen-bond acceptors (Lipinski definition) is 5. The molecular weight excluding hydrogens is 457 g/mol. The summed E-state index contributed by atoms with van der Waals surface area (Å²) in [7, 11) is 0. The lowest BCUT2D eigenvalue weighted by Crippen LogP contribution is -2.18. The average Bonchev–Trinajstić information content (AvgIpc) is 3.48. The van der Waals surface area contributed by atoms with E-state index in [1.54, 1.807) is 29.1 Å². The minimum atomic E-state index is -0.526. The molecule has 0 spiro atoms. The van der Waals surface area contributed by atoms with Gasteiger partial charge in [-0.15, -0.1) is 0 Å². The summed E-state index contributed by atoms with van der Waals surface area (Å²) in [6.45, 7) is 4.24. The van der Waals surface area contributed by atoms with Crippen LogP contribution in [0.3, 0.4) is 0 Å². The molecule has 0 radical (unpaired) electrons. The highest BCUT2D eigenvalue weighted by atomic mass is 19.1. The lowest BCUT2D eigenvalue weighted by atomic mass is 10.1. The summed E-state index contributed by atoms with van der Waals surface area (Å²) < 4.78 is 16.1. The number of carbonyl (C=O) groups is 1. The Hall–Kier alpha value is -4.79. The molecule has 0 aliphatic heterocycles. The number of hydrogen-bond donors (Lipinski definition) is 3. The van der Waals surface area contributed by atoms with Crippen LogP contribution in [-0.2, 0) is 6.54 Å². The van der Waals surface area contributed by atoms with Gasteiger partial charge in [-0.25, -0.2) is 4.39 Å². The van der Waals surface area contributed by atoms with Gasteiger partial charge in [0.2, 0.25) is 0 Å². The number of aromatic nitrogens is 5. The number of carbonyl (C=O) groups excluding carboxylic acids is 1. The minimum Gasteiger partial charge on any atom is -0.355 e. The molecule has 5 rings (SSSR count). The number of rotatable bonds is 7. The molecule has 0 saturated heterocycles. The van der Waals surface area contributed by atoms with E-state index in [4.69, 9.17) is 0 Å². The number of pyridine rings is 1. The van der Waals surface area contributed by atoms with Crippen molar-refractivity contribution in [2.75, 3.05) is 10.6 Å². The number of fused-ring (bicyclic) bond motifs is 1. The van der Waals surface area contributed by atoms with E-state index in [1.807, 2.05) is 62.4 Å². The molecule has 180 valence electrons. The summed E-state index contributed by atoms with van der Waals surface area (Å²) in [5.41, 5.74) is 5.09. The summed E-state index contributed by atoms with van der Waals surface area (Å²) in [6.07, 6.45) is 5.56. The second-order valence-corrected chi connectivity index (χ2v) is 8.22. The Morgan fingerprint density at radius 3 is 2.72 bits per heavy atom. The largest absolute Gasteiger partial charge is 0.355 e. The monoisotopic (exact) mass is 481 g/mol. The molecular formula is C27H24FN7O. The summed E-state index contributed by atoms with van der Waals surface area (Å²) in [4.78, 5) is 17.0. The maximum Gasteiger partial charge on any atom is 0.274 e. The third-order valence-corrected chi connectivity index (χ3v) is 5.63. The first kappa shape index (κ1) is 23.0. The first-order valence-electron chi connectivity index (χ1n) is 11.5. The van der Waals surface area contributed by atoms with Gasteiger partial charge in [0.1, 0.15) is 11.5 Å². The number of anilines is 3. The predicted octanol–water partition coefficient (Wildman–Crippen LogP) is 5.79. The fraction of sp³-hybridized carbons (Fsp3) is 0.111. The number of benzene rings is 2. The Kier molecular flexibility index (Phi) is 6.27. The van der Waals surface area contributed by atoms with Crippen molar-refractivity contribution in [2.45, 2.75) is 20.4 Å². The molecule has 36 heavy (non-hydrogen) atoms. The number of halogens is 1. The first-order chi connectivity index (χ1) is 17.5. The molecule has 3 heterocycles. The maximum atomic E-state index is 14.5. The molecule has 5 aromatic rings. The zero-order valence-electron chi connectivity index (χ0n) is 19.8. The molecule has 1 amide bonds. The fourth-order valence-electron chi connectivity index (χ4n) is 3.91. The number of aromatic amines is 1. The molecule has 3 aromatic heterocycles. The van der Waals surface area contributed by atoms with Crippen molar-refractivity contribution >= 4 is 46.0 Å². The fourth-order valence-corrected chi connectivity index (χ4v) is 3.91. The number of nitrogens with zero attached hydrogens (tertiary/aromatic N) is 4. The van der Waals surface area contributed by atoms with Gasteiger partial charge in [0, 0.05) is 29.5 Å². The third kappa shape index (κ3) is 4.85. The van der Waals surface area contributed by atoms with Crippen molar-refractivity contribution in [1.29, 1.82) is 0 Å². The Morgan fingerprint density at radius 2 is 1.92 bits per heavy atom. The van der Waals surface area contributed by atoms with Gasteiger partial charge in [0.15, 0.2) is 0 Å². The van der Waals surface area contributed by atoms with Gasteiger partial charge >= 0.3 is 0 Å². The van der Waals surface area contributed by atoms with Crippen LogP contribution in [0, 0.1) is 12.7 Å². The van der Waals surface area contributed by atoms with Crippen molar-refractivity contribution in [1.82, 2.24) is 25.0 Å². The van der Waals surface area contributed by atoms with Gasteiger partial charge in [0.05, 0.1) is 28.3 Å². The van der Waals surface area contributed by atoms with Gasteiger partial charge in [0.25, 0.3) is 5.91 Å². The van der Waals surface area contributed by atoms with Gasteiger partial charge < -0.3 is 10.6 Å². The number of nitrogens with one attached hydrogen (secondary N) is 3. The molecule has 0 fully saturated rings. The summed E-state index contributed by atoms with van der Waals surface area (Å²) >= 11 is 0. The average molecular weight is 482 g/mol. The topological polar surface area (TPSA) is 101 Å². The molecule has 0 unspecified atom stereocenters. The standard InChI is InChI=1S/C27H24FN7O/c1-3-35-26(14-17(2)34-35)27(36)31-25-16-20(8-11-22(25)28)30-19-7-10-21-23(32-33-24(21)15-19)12-9-18-6-4-5-13-29-18/h4-16,30H,3H2,1-2H3,(H,31,36)(H,32,33)/b12-9+. The molecule has 0 bridgehead atoms. The Labute approximate surface area is 206 Å². The van der Waals surface area contributed by atoms with Crippen LogP contribution >= 0.6 is 0 Å². The first-order valence-corrected chi connectivity index (χ1v) is 11.5. The zero-order chi connectivity index (χ0) is 25.1. The summed E-state index contributed by atoms with van der Waals surface area (Å²) in [6, 6.07) is 17.7. The van der Waals surface area contributed by atoms with E-state index in [0.717, 1.165) is 33.7 Å². The van der Waals surface area contributed by atoms with Crippen molar-refractivity contribution in [3.05, 3.63) is 95.5 Å². The molecule has 0 atom stereocenters. The van der Waals surface area contributed by atoms with Crippen LogP contribution in [0.25, 0.3) is 23.1 Å². The van der Waals surface area contributed by atoms with Gasteiger partial charge in [-0.2, -0.15) is 10.2 Å². The van der Waals surface area contributed by atoms with Crippen LogP contribution in [0.15, 0.2) is 66.9 Å². The molecule has 0 saturated carbocycles. The number of amides is 1. The van der Waals surface area contributed by atoms with E-state index in [-0.39, 0.29) is 5.69 Å². The van der Waals surface area contributed by atoms with Crippen LogP contribution in [0.5, 0.6) is 0 Å². The van der Waals surface area contributed by atoms with E-state index < -0.39 is 11.7 Å². The van der Waals surface area contributed by atoms with E-state index in [9.17, 15) is 9.18 Å². The number of aryl methyl sites for hydroxylation is 2. The second kappa shape index (κ2) is 9.83. The highest BCUT2D eigenvalue weighted by molar-refractivity contribution is 6.03. The van der Waals surface area contributed by atoms with Crippen molar-refractivity contribution in [2.24, 2.45) is 0 Å². The van der Waals surface area contributed by atoms with Crippen LogP contribution in [0.1, 0.15) is 34.5 Å². The van der Waals surface area contributed by atoms with Gasteiger partial charge in [-0.1, -0.05) is 6.07 Å². The Morgan fingerprint density at radius 1 is 1.08 bits per heavy atom. The molecule has 0 aliphatic carbocycles. The SMILES string of the molecule is CCn1nc(C)cc1C(=O)Nc1cc(Nc2ccc3c(/C=C/c4ccccn4)n[nH]c3c2)ccc1F. The predicted molar refractivity (Wildman–Crippen MR) is 140 cm³/mol. The Balaban J connectivity index is 1.33. The Bertz CT molecular complexity index is 1570.